The van der Waals surface area contributed by atoms with Crippen LogP contribution in [0.25, 0.3) is 0 Å². The number of alkyl halides is 5. The zero-order valence-corrected chi connectivity index (χ0v) is 7.30. The zero-order valence-electron chi connectivity index (χ0n) is 7.30. The second-order valence-electron chi connectivity index (χ2n) is 2.88. The number of nitrogens with zero attached hydrogens (tertiary/aromatic N) is 1. The van der Waals surface area contributed by atoms with Gasteiger partial charge in [-0.25, -0.2) is 0 Å². The molecule has 1 atom stereocenters. The largest absolute Gasteiger partial charge is 0.455 e. The molecular formula is C8H7F5N2. The van der Waals surface area contributed by atoms with E-state index in [0.717, 1.165) is 12.3 Å². The molecule has 0 aromatic carbocycles. The zero-order chi connectivity index (χ0) is 11.7. The number of nitrogens with two attached hydrogens (primary N) is 1. The molecule has 1 aromatic heterocycles. The minimum Gasteiger partial charge on any atom is -0.319 e. The van der Waals surface area contributed by atoms with E-state index in [-0.39, 0.29) is 5.56 Å². The van der Waals surface area contributed by atoms with Crippen molar-refractivity contribution in [2.75, 3.05) is 0 Å². The molecule has 15 heavy (non-hydrogen) atoms. The molecule has 1 aromatic rings. The van der Waals surface area contributed by atoms with E-state index in [1.165, 1.54) is 12.3 Å². The smallest absolute Gasteiger partial charge is 0.319 e. The quantitative estimate of drug-likeness (QED) is 0.785. The minimum atomic E-state index is -5.66. The number of halogens is 5. The van der Waals surface area contributed by atoms with E-state index >= 15 is 0 Å². The lowest BCUT2D eigenvalue weighted by Gasteiger charge is -2.25. The Kier molecular flexibility index (Phi) is 2.94. The van der Waals surface area contributed by atoms with Crippen molar-refractivity contribution in [3.8, 4) is 0 Å². The van der Waals surface area contributed by atoms with Gasteiger partial charge in [-0.3, -0.25) is 4.98 Å². The fourth-order valence-corrected chi connectivity index (χ4v) is 0.946. The maximum absolute atomic E-state index is 12.7. The first-order chi connectivity index (χ1) is 6.77. The predicted molar refractivity (Wildman–Crippen MR) is 42.2 cm³/mol. The van der Waals surface area contributed by atoms with Crippen molar-refractivity contribution >= 4 is 0 Å². The molecule has 0 spiro atoms. The molecule has 0 aliphatic carbocycles. The van der Waals surface area contributed by atoms with Gasteiger partial charge < -0.3 is 5.73 Å². The number of aromatic nitrogens is 1. The Morgan fingerprint density at radius 1 is 1.20 bits per heavy atom. The SMILES string of the molecule is N[C@H](c1cccnc1)C(F)(F)C(F)(F)F. The lowest BCUT2D eigenvalue weighted by Crippen LogP contribution is -2.45. The average Bonchev–Trinajstić information content (AvgIpc) is 2.16. The van der Waals surface area contributed by atoms with E-state index in [1.807, 2.05) is 0 Å². The molecule has 7 heteroatoms. The first kappa shape index (κ1) is 11.8. The molecule has 0 amide bonds. The summed E-state index contributed by atoms with van der Waals surface area (Å²) in [5.74, 6) is -4.96. The van der Waals surface area contributed by atoms with Gasteiger partial charge in [0.1, 0.15) is 6.04 Å². The van der Waals surface area contributed by atoms with Crippen LogP contribution in [0.1, 0.15) is 11.6 Å². The second kappa shape index (κ2) is 3.73. The molecule has 84 valence electrons. The van der Waals surface area contributed by atoms with Gasteiger partial charge >= 0.3 is 12.1 Å². The summed E-state index contributed by atoms with van der Waals surface area (Å²) in [5, 5.41) is 0. The number of pyridine rings is 1. The standard InChI is InChI=1S/C8H7F5N2/c9-7(10,8(11,12)13)6(14)5-2-1-3-15-4-5/h1-4,6H,14H2/t6-/m1/s1. The Hall–Kier alpha value is -1.24. The van der Waals surface area contributed by atoms with Crippen molar-refractivity contribution in [3.05, 3.63) is 30.1 Å². The predicted octanol–water partition coefficient (Wildman–Crippen LogP) is 2.28. The van der Waals surface area contributed by atoms with Crippen LogP contribution < -0.4 is 5.73 Å². The average molecular weight is 226 g/mol. The Labute approximate surface area is 81.9 Å². The highest BCUT2D eigenvalue weighted by atomic mass is 19.4. The summed E-state index contributed by atoms with van der Waals surface area (Å²) in [5.41, 5.74) is 4.49. The summed E-state index contributed by atoms with van der Waals surface area (Å²) in [6.45, 7) is 0. The molecule has 0 aliphatic rings. The van der Waals surface area contributed by atoms with E-state index in [9.17, 15) is 22.0 Å². The molecule has 0 radical (unpaired) electrons. The normalized spacial score (nSPS) is 15.1. The van der Waals surface area contributed by atoms with Gasteiger partial charge in [-0.1, -0.05) is 6.07 Å². The Morgan fingerprint density at radius 2 is 1.80 bits per heavy atom. The molecule has 2 nitrogen and oxygen atoms in total. The Balaban J connectivity index is 3.00. The maximum atomic E-state index is 12.7. The minimum absolute atomic E-state index is 0.361. The third-order valence-electron chi connectivity index (χ3n) is 1.81. The molecule has 0 fully saturated rings. The van der Waals surface area contributed by atoms with Crippen molar-refractivity contribution < 1.29 is 22.0 Å². The topological polar surface area (TPSA) is 38.9 Å². The molecule has 0 unspecified atom stereocenters. The summed E-state index contributed by atoms with van der Waals surface area (Å²) >= 11 is 0. The highest BCUT2D eigenvalue weighted by molar-refractivity contribution is 5.17. The molecule has 1 heterocycles. The summed E-state index contributed by atoms with van der Waals surface area (Å²) in [6, 6.07) is -0.134. The van der Waals surface area contributed by atoms with E-state index in [0.29, 0.717) is 0 Å². The van der Waals surface area contributed by atoms with Crippen LogP contribution in [0.15, 0.2) is 24.5 Å². The van der Waals surface area contributed by atoms with Crippen molar-refractivity contribution in [1.29, 1.82) is 0 Å². The fourth-order valence-electron chi connectivity index (χ4n) is 0.946. The third-order valence-corrected chi connectivity index (χ3v) is 1.81. The van der Waals surface area contributed by atoms with Crippen LogP contribution in [0, 0.1) is 0 Å². The van der Waals surface area contributed by atoms with E-state index in [2.05, 4.69) is 4.98 Å². The van der Waals surface area contributed by atoms with Crippen molar-refractivity contribution in [2.24, 2.45) is 5.73 Å². The molecule has 0 saturated carbocycles. The van der Waals surface area contributed by atoms with Gasteiger partial charge in [0.2, 0.25) is 0 Å². The molecular weight excluding hydrogens is 219 g/mol. The fraction of sp³-hybridized carbons (Fsp3) is 0.375. The van der Waals surface area contributed by atoms with Crippen LogP contribution in [-0.4, -0.2) is 17.1 Å². The second-order valence-corrected chi connectivity index (χ2v) is 2.88. The van der Waals surface area contributed by atoms with Crippen LogP contribution in [0.3, 0.4) is 0 Å². The van der Waals surface area contributed by atoms with Gasteiger partial charge in [-0.15, -0.1) is 0 Å². The Morgan fingerprint density at radius 3 is 2.20 bits per heavy atom. The maximum Gasteiger partial charge on any atom is 0.455 e. The summed E-state index contributed by atoms with van der Waals surface area (Å²) < 4.78 is 61.2. The van der Waals surface area contributed by atoms with Gasteiger partial charge in [0.25, 0.3) is 0 Å². The van der Waals surface area contributed by atoms with Gasteiger partial charge in [0.05, 0.1) is 0 Å². The van der Waals surface area contributed by atoms with Crippen LogP contribution in [-0.2, 0) is 0 Å². The molecule has 0 aliphatic heterocycles. The molecule has 0 bridgehead atoms. The lowest BCUT2D eigenvalue weighted by atomic mass is 10.0. The molecule has 0 saturated heterocycles. The van der Waals surface area contributed by atoms with Crippen molar-refractivity contribution in [3.63, 3.8) is 0 Å². The van der Waals surface area contributed by atoms with E-state index in [1.54, 1.807) is 0 Å². The summed E-state index contributed by atoms with van der Waals surface area (Å²) in [6.07, 6.45) is -3.53. The summed E-state index contributed by atoms with van der Waals surface area (Å²) in [7, 11) is 0. The van der Waals surface area contributed by atoms with Crippen LogP contribution in [0.2, 0.25) is 0 Å². The van der Waals surface area contributed by atoms with Crippen LogP contribution >= 0.6 is 0 Å². The van der Waals surface area contributed by atoms with Crippen molar-refractivity contribution in [2.45, 2.75) is 18.1 Å². The van der Waals surface area contributed by atoms with Crippen molar-refractivity contribution in [1.82, 2.24) is 4.98 Å². The number of hydrogen-bond acceptors (Lipinski definition) is 2. The number of hydrogen-bond donors (Lipinski definition) is 1. The Bertz CT molecular complexity index is 322. The molecule has 2 N–H and O–H groups in total. The van der Waals surface area contributed by atoms with Crippen LogP contribution in [0.5, 0.6) is 0 Å². The number of rotatable bonds is 2. The van der Waals surface area contributed by atoms with Crippen LogP contribution in [0.4, 0.5) is 22.0 Å². The first-order valence-electron chi connectivity index (χ1n) is 3.87. The highest BCUT2D eigenvalue weighted by Gasteiger charge is 2.61. The van der Waals surface area contributed by atoms with Gasteiger partial charge in [0.15, 0.2) is 0 Å². The highest BCUT2D eigenvalue weighted by Crippen LogP contribution is 2.42. The van der Waals surface area contributed by atoms with E-state index < -0.39 is 18.1 Å². The van der Waals surface area contributed by atoms with E-state index in [4.69, 9.17) is 5.73 Å². The van der Waals surface area contributed by atoms with Gasteiger partial charge in [0, 0.05) is 12.4 Å². The van der Waals surface area contributed by atoms with Gasteiger partial charge in [-0.05, 0) is 11.6 Å². The monoisotopic (exact) mass is 226 g/mol. The summed E-state index contributed by atoms with van der Waals surface area (Å²) in [4.78, 5) is 3.42. The third kappa shape index (κ3) is 2.23. The molecule has 1 rings (SSSR count). The first-order valence-corrected chi connectivity index (χ1v) is 3.87. The lowest BCUT2D eigenvalue weighted by molar-refractivity contribution is -0.291. The van der Waals surface area contributed by atoms with Gasteiger partial charge in [-0.2, -0.15) is 22.0 Å².